The average Bonchev–Trinajstić information content (AvgIpc) is 2.54. The van der Waals surface area contributed by atoms with Crippen molar-refractivity contribution in [3.05, 3.63) is 65.2 Å². The highest BCUT2D eigenvalue weighted by Crippen LogP contribution is 2.30. The molecular weight excluding hydrogens is 357 g/mol. The Bertz CT molecular complexity index is 805. The Morgan fingerprint density at radius 3 is 2.43 bits per heavy atom. The van der Waals surface area contributed by atoms with Gasteiger partial charge < -0.3 is 4.74 Å². The van der Waals surface area contributed by atoms with Crippen molar-refractivity contribution in [2.24, 2.45) is 0 Å². The third kappa shape index (κ3) is 3.99. The molecule has 0 atom stereocenters. The molecule has 0 saturated carbocycles. The SMILES string of the molecule is C=CCOc1ccc(N(C)S(=O)(=O)c2cc(Cl)ccc2Cl)cc1. The molecule has 0 unspecified atom stereocenters. The van der Waals surface area contributed by atoms with Gasteiger partial charge in [0.2, 0.25) is 0 Å². The Morgan fingerprint density at radius 2 is 1.83 bits per heavy atom. The van der Waals surface area contributed by atoms with Gasteiger partial charge in [-0.25, -0.2) is 8.42 Å². The molecule has 0 bridgehead atoms. The molecule has 23 heavy (non-hydrogen) atoms. The van der Waals surface area contributed by atoms with E-state index in [1.807, 2.05) is 0 Å². The van der Waals surface area contributed by atoms with E-state index < -0.39 is 10.0 Å². The number of anilines is 1. The van der Waals surface area contributed by atoms with Crippen LogP contribution in [-0.4, -0.2) is 22.1 Å². The second-order valence-corrected chi connectivity index (χ2v) is 7.42. The van der Waals surface area contributed by atoms with Crippen LogP contribution in [0.3, 0.4) is 0 Å². The van der Waals surface area contributed by atoms with Crippen LogP contribution in [-0.2, 0) is 10.0 Å². The highest BCUT2D eigenvalue weighted by Gasteiger charge is 2.24. The lowest BCUT2D eigenvalue weighted by Gasteiger charge is -2.20. The third-order valence-corrected chi connectivity index (χ3v) is 5.60. The minimum absolute atomic E-state index is 0.0406. The van der Waals surface area contributed by atoms with E-state index in [0.29, 0.717) is 23.1 Å². The maximum atomic E-state index is 12.7. The lowest BCUT2D eigenvalue weighted by Crippen LogP contribution is -2.26. The summed E-state index contributed by atoms with van der Waals surface area (Å²) in [5.74, 6) is 0.625. The van der Waals surface area contributed by atoms with Crippen LogP contribution >= 0.6 is 23.2 Å². The minimum atomic E-state index is -3.82. The van der Waals surface area contributed by atoms with Crippen LogP contribution in [0.4, 0.5) is 5.69 Å². The Kier molecular flexibility index (Phi) is 5.57. The van der Waals surface area contributed by atoms with E-state index >= 15 is 0 Å². The maximum Gasteiger partial charge on any atom is 0.265 e. The van der Waals surface area contributed by atoms with E-state index in [-0.39, 0.29) is 9.92 Å². The molecule has 4 nitrogen and oxygen atoms in total. The molecule has 2 aromatic carbocycles. The fourth-order valence-electron chi connectivity index (χ4n) is 1.87. The first-order valence-corrected chi connectivity index (χ1v) is 8.83. The summed E-state index contributed by atoms with van der Waals surface area (Å²) < 4.78 is 31.9. The molecule has 0 aromatic heterocycles. The van der Waals surface area contributed by atoms with Gasteiger partial charge in [0.15, 0.2) is 0 Å². The van der Waals surface area contributed by atoms with Gasteiger partial charge in [-0.05, 0) is 42.5 Å². The summed E-state index contributed by atoms with van der Waals surface area (Å²) in [6.45, 7) is 3.95. The van der Waals surface area contributed by atoms with E-state index in [4.69, 9.17) is 27.9 Å². The molecule has 0 spiro atoms. The second-order valence-electron chi connectivity index (χ2n) is 4.64. The van der Waals surface area contributed by atoms with E-state index in [9.17, 15) is 8.42 Å². The van der Waals surface area contributed by atoms with Gasteiger partial charge in [0.05, 0.1) is 10.7 Å². The predicted octanol–water partition coefficient (Wildman–Crippen LogP) is 4.38. The van der Waals surface area contributed by atoms with Gasteiger partial charge in [-0.15, -0.1) is 0 Å². The Hall–Kier alpha value is -1.69. The zero-order chi connectivity index (χ0) is 17.0. The van der Waals surface area contributed by atoms with E-state index in [1.54, 1.807) is 30.3 Å². The summed E-state index contributed by atoms with van der Waals surface area (Å²) in [6.07, 6.45) is 1.63. The lowest BCUT2D eigenvalue weighted by atomic mass is 10.3. The van der Waals surface area contributed by atoms with Crippen molar-refractivity contribution in [3.8, 4) is 5.75 Å². The largest absolute Gasteiger partial charge is 0.490 e. The molecule has 0 heterocycles. The maximum absolute atomic E-state index is 12.7. The third-order valence-electron chi connectivity index (χ3n) is 3.10. The minimum Gasteiger partial charge on any atom is -0.490 e. The summed E-state index contributed by atoms with van der Waals surface area (Å²) in [5, 5.41) is 0.418. The first kappa shape index (κ1) is 17.7. The van der Waals surface area contributed by atoms with Crippen molar-refractivity contribution in [1.82, 2.24) is 0 Å². The first-order valence-electron chi connectivity index (χ1n) is 6.64. The number of hydrogen-bond acceptors (Lipinski definition) is 3. The van der Waals surface area contributed by atoms with Gasteiger partial charge in [-0.3, -0.25) is 4.31 Å². The summed E-state index contributed by atoms with van der Waals surface area (Å²) in [4.78, 5) is -0.0406. The van der Waals surface area contributed by atoms with Crippen LogP contribution in [0.2, 0.25) is 10.0 Å². The number of ether oxygens (including phenoxy) is 1. The second kappa shape index (κ2) is 7.25. The van der Waals surface area contributed by atoms with Crippen LogP contribution in [0, 0.1) is 0 Å². The molecule has 7 heteroatoms. The topological polar surface area (TPSA) is 46.6 Å². The van der Waals surface area contributed by atoms with Crippen LogP contribution in [0.1, 0.15) is 0 Å². The molecule has 0 saturated heterocycles. The molecule has 0 aliphatic heterocycles. The van der Waals surface area contributed by atoms with Crippen molar-refractivity contribution in [1.29, 1.82) is 0 Å². The summed E-state index contributed by atoms with van der Waals surface area (Å²) in [5.41, 5.74) is 0.479. The Labute approximate surface area is 145 Å². The quantitative estimate of drug-likeness (QED) is 0.707. The standard InChI is InChI=1S/C16H15Cl2NO3S/c1-3-10-22-14-7-5-13(6-8-14)19(2)23(20,21)16-11-12(17)4-9-15(16)18/h3-9,11H,1,10H2,2H3. The Morgan fingerprint density at radius 1 is 1.17 bits per heavy atom. The van der Waals surface area contributed by atoms with Gasteiger partial charge in [-0.1, -0.05) is 35.9 Å². The summed E-state index contributed by atoms with van der Waals surface area (Å²) in [7, 11) is -2.36. The zero-order valence-electron chi connectivity index (χ0n) is 12.4. The molecule has 2 aromatic rings. The van der Waals surface area contributed by atoms with Gasteiger partial charge >= 0.3 is 0 Å². The molecule has 2 rings (SSSR count). The molecule has 122 valence electrons. The molecule has 0 amide bonds. The summed E-state index contributed by atoms with van der Waals surface area (Å²) >= 11 is 11.9. The molecule has 0 fully saturated rings. The predicted molar refractivity (Wildman–Crippen MR) is 94.2 cm³/mol. The lowest BCUT2D eigenvalue weighted by molar-refractivity contribution is 0.363. The molecular formula is C16H15Cl2NO3S. The van der Waals surface area contributed by atoms with E-state index in [0.717, 1.165) is 4.31 Å². The number of benzene rings is 2. The van der Waals surface area contributed by atoms with E-state index in [1.165, 1.54) is 25.2 Å². The number of sulfonamides is 1. The van der Waals surface area contributed by atoms with Gasteiger partial charge in [0.1, 0.15) is 17.3 Å². The highest BCUT2D eigenvalue weighted by molar-refractivity contribution is 7.93. The van der Waals surface area contributed by atoms with Gasteiger partial charge in [0, 0.05) is 12.1 Å². The zero-order valence-corrected chi connectivity index (χ0v) is 14.7. The van der Waals surface area contributed by atoms with Crippen LogP contribution < -0.4 is 9.04 Å². The molecule has 0 aliphatic rings. The monoisotopic (exact) mass is 371 g/mol. The van der Waals surface area contributed by atoms with Crippen molar-refractivity contribution in [3.63, 3.8) is 0 Å². The number of nitrogens with zero attached hydrogens (tertiary/aromatic N) is 1. The average molecular weight is 372 g/mol. The molecule has 0 radical (unpaired) electrons. The van der Waals surface area contributed by atoms with Gasteiger partial charge in [0.25, 0.3) is 10.0 Å². The van der Waals surface area contributed by atoms with Gasteiger partial charge in [-0.2, -0.15) is 0 Å². The molecule has 0 N–H and O–H groups in total. The smallest absolute Gasteiger partial charge is 0.265 e. The van der Waals surface area contributed by atoms with Crippen molar-refractivity contribution >= 4 is 38.9 Å². The fraction of sp³-hybridized carbons (Fsp3) is 0.125. The van der Waals surface area contributed by atoms with E-state index in [2.05, 4.69) is 6.58 Å². The number of halogens is 2. The number of rotatable bonds is 6. The van der Waals surface area contributed by atoms with Crippen LogP contribution in [0.25, 0.3) is 0 Å². The van der Waals surface area contributed by atoms with Crippen molar-refractivity contribution < 1.29 is 13.2 Å². The summed E-state index contributed by atoms with van der Waals surface area (Å²) in [6, 6.07) is 11.0. The normalized spacial score (nSPS) is 11.1. The van der Waals surface area contributed by atoms with Crippen molar-refractivity contribution in [2.75, 3.05) is 18.0 Å². The fourth-order valence-corrected chi connectivity index (χ4v) is 3.80. The highest BCUT2D eigenvalue weighted by atomic mass is 35.5. The van der Waals surface area contributed by atoms with Crippen molar-refractivity contribution in [2.45, 2.75) is 4.90 Å². The first-order chi connectivity index (χ1) is 10.9. The Balaban J connectivity index is 2.32. The van der Waals surface area contributed by atoms with Crippen LogP contribution in [0.5, 0.6) is 5.75 Å². The molecule has 0 aliphatic carbocycles. The van der Waals surface area contributed by atoms with Crippen LogP contribution in [0.15, 0.2) is 60.0 Å². The number of hydrogen-bond donors (Lipinski definition) is 0.